The fourth-order valence-corrected chi connectivity index (χ4v) is 6.00. The molecule has 1 aliphatic heterocycles. The number of ether oxygens (including phenoxy) is 3. The van der Waals surface area contributed by atoms with Crippen LogP contribution in [0, 0.1) is 13.8 Å². The minimum atomic E-state index is -0.496. The third-order valence-corrected chi connectivity index (χ3v) is 7.91. The summed E-state index contributed by atoms with van der Waals surface area (Å²) in [4.78, 5) is 26.7. The number of carbonyl (C=O) groups excluding carboxylic acids is 2. The van der Waals surface area contributed by atoms with Crippen LogP contribution in [0.3, 0.4) is 0 Å². The van der Waals surface area contributed by atoms with Gasteiger partial charge in [-0.1, -0.05) is 0 Å². The van der Waals surface area contributed by atoms with E-state index >= 15 is 0 Å². The van der Waals surface area contributed by atoms with Crippen molar-refractivity contribution in [3.63, 3.8) is 0 Å². The lowest BCUT2D eigenvalue weighted by Crippen LogP contribution is -2.43. The van der Waals surface area contributed by atoms with E-state index in [0.717, 1.165) is 17.1 Å². The van der Waals surface area contributed by atoms with E-state index in [1.54, 1.807) is 29.2 Å². The molecule has 10 nitrogen and oxygen atoms in total. The topological polar surface area (TPSA) is 108 Å². The molecular weight excluding hydrogens is 684 g/mol. The number of aryl methyl sites for hydroxylation is 2. The molecule has 2 aromatic heterocycles. The second-order valence-corrected chi connectivity index (χ2v) is 11.5. The fourth-order valence-electron chi connectivity index (χ4n) is 4.55. The Morgan fingerprint density at radius 3 is 2.30 bits per heavy atom. The SMILES string of the molecule is Cc1ccc(C)n1-c1ccc(OCc2ccc(C(=O)N/N=C/c3cc(Br)c(OCC(=O)N4CCOCC4)c(Br)c3)o2)cc1. The number of hydrogen-bond donors (Lipinski definition) is 1. The van der Waals surface area contributed by atoms with Crippen LogP contribution in [0.2, 0.25) is 0 Å². The predicted molar refractivity (Wildman–Crippen MR) is 168 cm³/mol. The van der Waals surface area contributed by atoms with E-state index in [2.05, 4.69) is 72.9 Å². The Hall–Kier alpha value is -3.87. The Morgan fingerprint density at radius 2 is 1.63 bits per heavy atom. The van der Waals surface area contributed by atoms with Gasteiger partial charge in [-0.15, -0.1) is 0 Å². The third-order valence-electron chi connectivity index (χ3n) is 6.74. The molecule has 0 radical (unpaired) electrons. The molecule has 1 fully saturated rings. The molecule has 1 aliphatic rings. The van der Waals surface area contributed by atoms with Crippen molar-refractivity contribution in [1.29, 1.82) is 0 Å². The maximum Gasteiger partial charge on any atom is 0.307 e. The normalized spacial score (nSPS) is 13.3. The number of nitrogens with one attached hydrogen (secondary N) is 1. The van der Waals surface area contributed by atoms with E-state index in [0.29, 0.717) is 58.1 Å². The van der Waals surface area contributed by atoms with Crippen LogP contribution in [0.5, 0.6) is 11.5 Å². The number of morpholine rings is 1. The van der Waals surface area contributed by atoms with Gasteiger partial charge in [-0.05, 0) is 112 Å². The van der Waals surface area contributed by atoms with Gasteiger partial charge in [0.1, 0.15) is 23.9 Å². The Kier molecular flexibility index (Phi) is 10.0. The number of rotatable bonds is 10. The van der Waals surface area contributed by atoms with Crippen molar-refractivity contribution in [3.8, 4) is 17.2 Å². The lowest BCUT2D eigenvalue weighted by Gasteiger charge is -2.26. The molecule has 224 valence electrons. The summed E-state index contributed by atoms with van der Waals surface area (Å²) in [6.45, 7) is 6.40. The van der Waals surface area contributed by atoms with Crippen LogP contribution in [-0.2, 0) is 16.1 Å². The lowest BCUT2D eigenvalue weighted by molar-refractivity contribution is -0.137. The van der Waals surface area contributed by atoms with Gasteiger partial charge in [0.25, 0.3) is 5.91 Å². The largest absolute Gasteiger partial charge is 0.486 e. The molecule has 3 heterocycles. The van der Waals surface area contributed by atoms with Gasteiger partial charge in [-0.3, -0.25) is 9.59 Å². The van der Waals surface area contributed by atoms with Gasteiger partial charge < -0.3 is 28.1 Å². The summed E-state index contributed by atoms with van der Waals surface area (Å²) in [5.41, 5.74) is 6.54. The second-order valence-electron chi connectivity index (χ2n) is 9.79. The fraction of sp³-hybridized carbons (Fsp3) is 0.258. The Bertz CT molecular complexity index is 1580. The Labute approximate surface area is 265 Å². The average Bonchev–Trinajstić information content (AvgIpc) is 3.62. The summed E-state index contributed by atoms with van der Waals surface area (Å²) >= 11 is 6.95. The zero-order valence-corrected chi connectivity index (χ0v) is 26.8. The highest BCUT2D eigenvalue weighted by Crippen LogP contribution is 2.34. The highest BCUT2D eigenvalue weighted by molar-refractivity contribution is 9.11. The molecule has 0 spiro atoms. The first-order valence-corrected chi connectivity index (χ1v) is 15.1. The molecule has 0 atom stereocenters. The van der Waals surface area contributed by atoms with Crippen molar-refractivity contribution in [1.82, 2.24) is 14.9 Å². The smallest absolute Gasteiger partial charge is 0.307 e. The standard InChI is InChI=1S/C31H30Br2N4O6/c1-20-3-4-21(2)37(20)23-5-7-24(8-6-23)41-18-25-9-10-28(43-25)31(39)35-34-17-22-15-26(32)30(27(33)16-22)42-19-29(38)36-11-13-40-14-12-36/h3-10,15-17H,11-14,18-19H2,1-2H3,(H,35,39)/b34-17+. The van der Waals surface area contributed by atoms with Crippen LogP contribution in [0.1, 0.15) is 33.3 Å². The minimum Gasteiger partial charge on any atom is -0.486 e. The monoisotopic (exact) mass is 712 g/mol. The average molecular weight is 714 g/mol. The number of carbonyl (C=O) groups is 2. The second kappa shape index (κ2) is 14.1. The number of hydrazone groups is 1. The van der Waals surface area contributed by atoms with Crippen molar-refractivity contribution < 1.29 is 28.2 Å². The van der Waals surface area contributed by atoms with Crippen LogP contribution in [0.15, 0.2) is 79.1 Å². The Balaban J connectivity index is 1.10. The van der Waals surface area contributed by atoms with E-state index in [4.69, 9.17) is 18.6 Å². The number of furan rings is 1. The van der Waals surface area contributed by atoms with Crippen molar-refractivity contribution in [2.75, 3.05) is 32.9 Å². The molecule has 1 saturated heterocycles. The van der Waals surface area contributed by atoms with Gasteiger partial charge in [0.15, 0.2) is 12.4 Å². The molecule has 2 aromatic carbocycles. The summed E-state index contributed by atoms with van der Waals surface area (Å²) in [5.74, 6) is 1.21. The molecule has 5 rings (SSSR count). The molecule has 2 amide bonds. The summed E-state index contributed by atoms with van der Waals surface area (Å²) in [6.07, 6.45) is 1.49. The molecular formula is C31H30Br2N4O6. The summed E-state index contributed by atoms with van der Waals surface area (Å²) in [5, 5.41) is 4.04. The maximum atomic E-state index is 12.6. The van der Waals surface area contributed by atoms with Crippen molar-refractivity contribution >= 4 is 49.9 Å². The molecule has 0 saturated carbocycles. The van der Waals surface area contributed by atoms with E-state index in [1.807, 2.05) is 24.3 Å². The van der Waals surface area contributed by atoms with Gasteiger partial charge in [-0.2, -0.15) is 5.10 Å². The van der Waals surface area contributed by atoms with Gasteiger partial charge in [-0.25, -0.2) is 5.43 Å². The minimum absolute atomic E-state index is 0.0863. The number of halogens is 2. The zero-order valence-electron chi connectivity index (χ0n) is 23.6. The van der Waals surface area contributed by atoms with E-state index in [9.17, 15) is 9.59 Å². The maximum absolute atomic E-state index is 12.6. The first-order chi connectivity index (χ1) is 20.8. The molecule has 0 unspecified atom stereocenters. The van der Waals surface area contributed by atoms with E-state index in [-0.39, 0.29) is 24.9 Å². The molecule has 0 aliphatic carbocycles. The third kappa shape index (κ3) is 7.75. The summed E-state index contributed by atoms with van der Waals surface area (Å²) in [6, 6.07) is 18.8. The number of amides is 2. The molecule has 43 heavy (non-hydrogen) atoms. The molecule has 4 aromatic rings. The zero-order chi connectivity index (χ0) is 30.3. The Morgan fingerprint density at radius 1 is 0.953 bits per heavy atom. The highest BCUT2D eigenvalue weighted by atomic mass is 79.9. The van der Waals surface area contributed by atoms with Crippen LogP contribution < -0.4 is 14.9 Å². The first kappa shape index (κ1) is 30.6. The van der Waals surface area contributed by atoms with Gasteiger partial charge >= 0.3 is 5.91 Å². The van der Waals surface area contributed by atoms with Gasteiger partial charge in [0, 0.05) is 30.2 Å². The highest BCUT2D eigenvalue weighted by Gasteiger charge is 2.19. The molecule has 1 N–H and O–H groups in total. The molecule has 0 bridgehead atoms. The predicted octanol–water partition coefficient (Wildman–Crippen LogP) is 5.79. The summed E-state index contributed by atoms with van der Waals surface area (Å²) < 4.78 is 25.9. The van der Waals surface area contributed by atoms with E-state index < -0.39 is 5.91 Å². The van der Waals surface area contributed by atoms with Crippen molar-refractivity contribution in [2.45, 2.75) is 20.5 Å². The van der Waals surface area contributed by atoms with Crippen molar-refractivity contribution in [2.24, 2.45) is 5.10 Å². The number of aromatic nitrogens is 1. The van der Waals surface area contributed by atoms with Gasteiger partial charge in [0.05, 0.1) is 28.4 Å². The molecule has 12 heteroatoms. The van der Waals surface area contributed by atoms with Crippen molar-refractivity contribution in [3.05, 3.63) is 98.1 Å². The van der Waals surface area contributed by atoms with Crippen LogP contribution in [0.4, 0.5) is 0 Å². The number of benzene rings is 2. The lowest BCUT2D eigenvalue weighted by atomic mass is 10.2. The van der Waals surface area contributed by atoms with Crippen LogP contribution in [-0.4, -0.2) is 60.4 Å². The van der Waals surface area contributed by atoms with Gasteiger partial charge in [0.2, 0.25) is 0 Å². The summed E-state index contributed by atoms with van der Waals surface area (Å²) in [7, 11) is 0. The van der Waals surface area contributed by atoms with E-state index in [1.165, 1.54) is 6.21 Å². The first-order valence-electron chi connectivity index (χ1n) is 13.6. The van der Waals surface area contributed by atoms with Crippen LogP contribution in [0.25, 0.3) is 5.69 Å². The van der Waals surface area contributed by atoms with Crippen LogP contribution >= 0.6 is 31.9 Å². The number of nitrogens with zero attached hydrogens (tertiary/aromatic N) is 3. The number of hydrogen-bond acceptors (Lipinski definition) is 7. The quantitative estimate of drug-likeness (QED) is 0.165.